The van der Waals surface area contributed by atoms with E-state index in [1.54, 1.807) is 35.2 Å². The minimum atomic E-state index is -0.0110. The maximum Gasteiger partial charge on any atom is 0.250 e. The van der Waals surface area contributed by atoms with Crippen molar-refractivity contribution in [2.24, 2.45) is 7.05 Å². The number of anilines is 1. The summed E-state index contributed by atoms with van der Waals surface area (Å²) in [6.07, 6.45) is 3.93. The molecule has 1 saturated heterocycles. The van der Waals surface area contributed by atoms with Crippen LogP contribution >= 0.6 is 11.3 Å². The molecular weight excluding hydrogens is 432 g/mol. The van der Waals surface area contributed by atoms with Gasteiger partial charge in [0.1, 0.15) is 11.5 Å². The largest absolute Gasteiger partial charge is 0.472 e. The van der Waals surface area contributed by atoms with Gasteiger partial charge < -0.3 is 19.5 Å². The van der Waals surface area contributed by atoms with Crippen molar-refractivity contribution in [1.29, 1.82) is 0 Å². The lowest BCUT2D eigenvalue weighted by Crippen LogP contribution is -2.61. The third-order valence-corrected chi connectivity index (χ3v) is 7.92. The first-order valence-corrected chi connectivity index (χ1v) is 12.3. The highest BCUT2D eigenvalue weighted by Crippen LogP contribution is 2.46. The fourth-order valence-corrected chi connectivity index (χ4v) is 6.51. The van der Waals surface area contributed by atoms with Crippen LogP contribution < -0.4 is 20.5 Å². The third kappa shape index (κ3) is 4.20. The Bertz CT molecular complexity index is 1260. The second-order valence-corrected chi connectivity index (χ2v) is 11.7. The summed E-state index contributed by atoms with van der Waals surface area (Å²) in [6, 6.07) is 10.4. The molecule has 6 nitrogen and oxygen atoms in total. The molecule has 33 heavy (non-hydrogen) atoms. The monoisotopic (exact) mass is 464 g/mol. The highest BCUT2D eigenvalue weighted by Gasteiger charge is 2.40. The predicted molar refractivity (Wildman–Crippen MR) is 135 cm³/mol. The fourth-order valence-electron chi connectivity index (χ4n) is 5.40. The van der Waals surface area contributed by atoms with Crippen LogP contribution in [0, 0.1) is 0 Å². The molecule has 2 aliphatic heterocycles. The van der Waals surface area contributed by atoms with Crippen molar-refractivity contribution in [1.82, 2.24) is 14.9 Å². The normalized spacial score (nSPS) is 18.8. The molecule has 2 aliphatic rings. The van der Waals surface area contributed by atoms with E-state index < -0.39 is 0 Å². The van der Waals surface area contributed by atoms with E-state index in [1.807, 2.05) is 6.07 Å². The summed E-state index contributed by atoms with van der Waals surface area (Å²) < 4.78 is 7.66. The van der Waals surface area contributed by atoms with Crippen LogP contribution in [0.15, 0.2) is 41.3 Å². The first-order chi connectivity index (χ1) is 15.5. The van der Waals surface area contributed by atoms with Gasteiger partial charge in [0.15, 0.2) is 5.13 Å². The van der Waals surface area contributed by atoms with Crippen molar-refractivity contribution in [3.05, 3.63) is 52.4 Å². The van der Waals surface area contributed by atoms with Gasteiger partial charge in [-0.3, -0.25) is 4.79 Å². The molecule has 0 amide bonds. The van der Waals surface area contributed by atoms with Crippen LogP contribution in [0.1, 0.15) is 46.1 Å². The molecule has 0 bridgehead atoms. The molecule has 3 aromatic rings. The average Bonchev–Trinajstić information content (AvgIpc) is 3.17. The molecule has 1 N–H and O–H groups in total. The van der Waals surface area contributed by atoms with E-state index in [0.29, 0.717) is 12.6 Å². The lowest BCUT2D eigenvalue weighted by molar-refractivity contribution is 0.161. The lowest BCUT2D eigenvalue weighted by atomic mass is 9.79. The van der Waals surface area contributed by atoms with Crippen LogP contribution in [0.4, 0.5) is 5.13 Å². The number of hydrogen-bond acceptors (Lipinski definition) is 6. The van der Waals surface area contributed by atoms with Gasteiger partial charge in [0.25, 0.3) is 5.56 Å². The number of pyridine rings is 1. The molecule has 0 spiro atoms. The summed E-state index contributed by atoms with van der Waals surface area (Å²) in [5, 5.41) is 4.77. The zero-order valence-electron chi connectivity index (χ0n) is 20.2. The smallest absolute Gasteiger partial charge is 0.250 e. The van der Waals surface area contributed by atoms with Crippen LogP contribution in [0.2, 0.25) is 0 Å². The SMILES string of the molecule is CN(c1nc2c(s1)-c1ccc(-c3ccn(C)c(=O)c3)cc1CO2)C1CC(C)(C)NC(C)(C)C1. The molecular formula is C26H32N4O2S. The second kappa shape index (κ2) is 7.71. The Morgan fingerprint density at radius 1 is 1.12 bits per heavy atom. The van der Waals surface area contributed by atoms with Gasteiger partial charge in [0, 0.05) is 49.0 Å². The van der Waals surface area contributed by atoms with E-state index >= 15 is 0 Å². The van der Waals surface area contributed by atoms with E-state index in [0.717, 1.165) is 45.4 Å². The van der Waals surface area contributed by atoms with Crippen molar-refractivity contribution >= 4 is 16.5 Å². The third-order valence-electron chi connectivity index (χ3n) is 6.75. The van der Waals surface area contributed by atoms with Crippen LogP contribution in [0.5, 0.6) is 5.88 Å². The topological polar surface area (TPSA) is 59.4 Å². The van der Waals surface area contributed by atoms with Crippen LogP contribution in [0.25, 0.3) is 21.6 Å². The Labute approximate surface area is 199 Å². The van der Waals surface area contributed by atoms with Crippen molar-refractivity contribution in [3.63, 3.8) is 0 Å². The predicted octanol–water partition coefficient (Wildman–Crippen LogP) is 4.81. The zero-order chi connectivity index (χ0) is 23.5. The van der Waals surface area contributed by atoms with E-state index in [4.69, 9.17) is 9.72 Å². The summed E-state index contributed by atoms with van der Waals surface area (Å²) in [6.45, 7) is 9.60. The summed E-state index contributed by atoms with van der Waals surface area (Å²) in [5.41, 5.74) is 4.40. The molecule has 7 heteroatoms. The number of hydrogen-bond donors (Lipinski definition) is 1. The fraction of sp³-hybridized carbons (Fsp3) is 0.462. The summed E-state index contributed by atoms with van der Waals surface area (Å²) in [7, 11) is 3.92. The molecule has 174 valence electrons. The quantitative estimate of drug-likeness (QED) is 0.603. The molecule has 4 heterocycles. The van der Waals surface area contributed by atoms with Gasteiger partial charge in [-0.05, 0) is 69.4 Å². The van der Waals surface area contributed by atoms with Crippen molar-refractivity contribution < 1.29 is 4.74 Å². The Hall–Kier alpha value is -2.64. The van der Waals surface area contributed by atoms with E-state index in [-0.39, 0.29) is 16.6 Å². The van der Waals surface area contributed by atoms with Gasteiger partial charge in [0.05, 0.1) is 0 Å². The molecule has 0 unspecified atom stereocenters. The number of nitrogens with zero attached hydrogens (tertiary/aromatic N) is 3. The highest BCUT2D eigenvalue weighted by atomic mass is 32.1. The number of thiazole rings is 1. The van der Waals surface area contributed by atoms with E-state index in [1.165, 1.54) is 5.56 Å². The van der Waals surface area contributed by atoms with Gasteiger partial charge in [-0.15, -0.1) is 0 Å². The standard InChI is InChI=1S/C26H32N4O2S/c1-25(2)13-19(14-26(3,4)28-25)30(6)24-27-23-22(33-24)20-8-7-16(11-18(20)15-32-23)17-9-10-29(5)21(31)12-17/h7-12,19,28H,13-15H2,1-6H3. The maximum absolute atomic E-state index is 12.1. The van der Waals surface area contributed by atoms with Crippen LogP contribution in [-0.4, -0.2) is 33.7 Å². The Morgan fingerprint density at radius 2 is 1.82 bits per heavy atom. The first-order valence-electron chi connectivity index (χ1n) is 11.5. The van der Waals surface area contributed by atoms with Gasteiger partial charge in [-0.2, -0.15) is 4.98 Å². The number of rotatable bonds is 3. The number of ether oxygens (including phenoxy) is 1. The van der Waals surface area contributed by atoms with Crippen LogP contribution in [0.3, 0.4) is 0 Å². The molecule has 1 fully saturated rings. The minimum Gasteiger partial charge on any atom is -0.472 e. The number of piperidine rings is 1. The number of benzene rings is 1. The number of fused-ring (bicyclic) bond motifs is 3. The number of aromatic nitrogens is 2. The van der Waals surface area contributed by atoms with E-state index in [9.17, 15) is 4.79 Å². The Balaban J connectivity index is 1.45. The molecule has 0 radical (unpaired) electrons. The molecule has 1 aromatic carbocycles. The molecule has 2 aromatic heterocycles. The number of aryl methyl sites for hydroxylation is 1. The van der Waals surface area contributed by atoms with Crippen molar-refractivity contribution in [3.8, 4) is 27.4 Å². The van der Waals surface area contributed by atoms with Gasteiger partial charge in [-0.25, -0.2) is 0 Å². The average molecular weight is 465 g/mol. The van der Waals surface area contributed by atoms with Gasteiger partial charge in [0.2, 0.25) is 5.88 Å². The Morgan fingerprint density at radius 3 is 2.52 bits per heavy atom. The lowest BCUT2D eigenvalue weighted by Gasteiger charge is -2.48. The zero-order valence-corrected chi connectivity index (χ0v) is 21.0. The molecule has 0 atom stereocenters. The second-order valence-electron chi connectivity index (χ2n) is 10.7. The van der Waals surface area contributed by atoms with Crippen LogP contribution in [-0.2, 0) is 13.7 Å². The van der Waals surface area contributed by atoms with Gasteiger partial charge in [-0.1, -0.05) is 23.5 Å². The first kappa shape index (κ1) is 22.2. The maximum atomic E-state index is 12.1. The highest BCUT2D eigenvalue weighted by molar-refractivity contribution is 7.19. The minimum absolute atomic E-state index is 0.0110. The summed E-state index contributed by atoms with van der Waals surface area (Å²) in [4.78, 5) is 20.4. The Kier molecular flexibility index (Phi) is 5.18. The summed E-state index contributed by atoms with van der Waals surface area (Å²) in [5.74, 6) is 0.725. The number of nitrogens with one attached hydrogen (secondary N) is 1. The summed E-state index contributed by atoms with van der Waals surface area (Å²) >= 11 is 1.70. The van der Waals surface area contributed by atoms with E-state index in [2.05, 4.69) is 63.2 Å². The van der Waals surface area contributed by atoms with Crippen molar-refractivity contribution in [2.45, 2.75) is 64.3 Å². The molecule has 0 aliphatic carbocycles. The molecule has 5 rings (SSSR count). The van der Waals surface area contributed by atoms with Gasteiger partial charge >= 0.3 is 0 Å². The van der Waals surface area contributed by atoms with Crippen molar-refractivity contribution in [2.75, 3.05) is 11.9 Å². The molecule has 0 saturated carbocycles.